The number of nitrogens with one attached hydrogen (secondary N) is 2. The Hall–Kier alpha value is -4.40. The van der Waals surface area contributed by atoms with Gasteiger partial charge in [0.15, 0.2) is 0 Å². The number of halogens is 4. The number of aromatic amines is 1. The summed E-state index contributed by atoms with van der Waals surface area (Å²) < 4.78 is 53.9. The Morgan fingerprint density at radius 1 is 1.21 bits per heavy atom. The predicted molar refractivity (Wildman–Crippen MR) is 112 cm³/mol. The minimum absolute atomic E-state index is 0.0890. The van der Waals surface area contributed by atoms with Gasteiger partial charge in [0.25, 0.3) is 11.8 Å². The third-order valence-corrected chi connectivity index (χ3v) is 5.71. The van der Waals surface area contributed by atoms with Crippen LogP contribution in [0.15, 0.2) is 36.5 Å². The molecule has 0 spiro atoms. The molecule has 0 bridgehead atoms. The van der Waals surface area contributed by atoms with Gasteiger partial charge < -0.3 is 11.1 Å². The van der Waals surface area contributed by atoms with Gasteiger partial charge in [0.1, 0.15) is 27.4 Å². The summed E-state index contributed by atoms with van der Waals surface area (Å²) in [5.74, 6) is -2.83. The first-order valence-corrected chi connectivity index (χ1v) is 9.88. The lowest BCUT2D eigenvalue weighted by Crippen LogP contribution is -2.18. The van der Waals surface area contributed by atoms with Gasteiger partial charge in [0, 0.05) is 5.39 Å². The van der Waals surface area contributed by atoms with Crippen molar-refractivity contribution < 1.29 is 32.1 Å². The predicted octanol–water partition coefficient (Wildman–Crippen LogP) is 4.10. The molecular formula is C19H10F4N6O4S. The number of amides is 2. The van der Waals surface area contributed by atoms with Crippen LogP contribution in [0, 0.1) is 15.9 Å². The molecule has 0 atom stereocenters. The topological polar surface area (TPSA) is 157 Å². The summed E-state index contributed by atoms with van der Waals surface area (Å²) in [4.78, 5) is 38.0. The molecule has 0 fully saturated rings. The molecule has 34 heavy (non-hydrogen) atoms. The second-order valence-electron chi connectivity index (χ2n) is 6.75. The van der Waals surface area contributed by atoms with E-state index in [0.717, 1.165) is 18.3 Å². The number of nitro groups is 1. The Morgan fingerprint density at radius 3 is 2.47 bits per heavy atom. The molecule has 0 aliphatic rings. The highest BCUT2D eigenvalue weighted by Gasteiger charge is 2.35. The van der Waals surface area contributed by atoms with Crippen LogP contribution in [-0.4, -0.2) is 31.9 Å². The number of pyridine rings is 1. The zero-order valence-electron chi connectivity index (χ0n) is 16.4. The Kier molecular flexibility index (Phi) is 5.48. The maximum Gasteiger partial charge on any atom is 0.433 e. The van der Waals surface area contributed by atoms with Gasteiger partial charge in [-0.25, -0.2) is 9.37 Å². The maximum atomic E-state index is 13.5. The van der Waals surface area contributed by atoms with Crippen LogP contribution in [0.1, 0.15) is 25.9 Å². The summed E-state index contributed by atoms with van der Waals surface area (Å²) in [6.07, 6.45) is -4.07. The molecule has 0 saturated heterocycles. The van der Waals surface area contributed by atoms with Gasteiger partial charge in [-0.15, -0.1) is 11.3 Å². The molecule has 1 aromatic carbocycles. The molecule has 0 unspecified atom stereocenters. The molecule has 174 valence electrons. The van der Waals surface area contributed by atoms with E-state index in [4.69, 9.17) is 5.73 Å². The molecule has 4 N–H and O–H groups in total. The average molecular weight is 494 g/mol. The number of thiophene rings is 1. The molecule has 15 heteroatoms. The highest BCUT2D eigenvalue weighted by atomic mass is 32.1. The zero-order chi connectivity index (χ0) is 24.8. The first-order chi connectivity index (χ1) is 16.0. The van der Waals surface area contributed by atoms with E-state index in [-0.39, 0.29) is 31.9 Å². The highest BCUT2D eigenvalue weighted by molar-refractivity contribution is 7.21. The largest absolute Gasteiger partial charge is 0.433 e. The molecule has 4 aromatic rings. The van der Waals surface area contributed by atoms with E-state index < -0.39 is 45.8 Å². The van der Waals surface area contributed by atoms with E-state index in [9.17, 15) is 37.3 Å². The van der Waals surface area contributed by atoms with E-state index in [1.54, 1.807) is 0 Å². The van der Waals surface area contributed by atoms with Crippen molar-refractivity contribution in [1.82, 2.24) is 15.2 Å². The maximum absolute atomic E-state index is 13.5. The molecule has 10 nitrogen and oxygen atoms in total. The summed E-state index contributed by atoms with van der Waals surface area (Å²) in [6, 6.07) is 5.13. The monoisotopic (exact) mass is 494 g/mol. The van der Waals surface area contributed by atoms with Gasteiger partial charge in [-0.05, 0) is 29.3 Å². The normalized spacial score (nSPS) is 11.5. The van der Waals surface area contributed by atoms with Crippen molar-refractivity contribution in [2.75, 3.05) is 5.32 Å². The number of carbonyl (C=O) groups is 2. The van der Waals surface area contributed by atoms with Crippen LogP contribution >= 0.6 is 11.3 Å². The summed E-state index contributed by atoms with van der Waals surface area (Å²) in [5, 5.41) is 18.9. The summed E-state index contributed by atoms with van der Waals surface area (Å²) in [5.41, 5.74) is 2.53. The van der Waals surface area contributed by atoms with Crippen LogP contribution in [0.2, 0.25) is 0 Å². The fourth-order valence-corrected chi connectivity index (χ4v) is 4.16. The summed E-state index contributed by atoms with van der Waals surface area (Å²) >= 11 is 0.490. The fourth-order valence-electron chi connectivity index (χ4n) is 3.15. The molecule has 0 saturated carbocycles. The average Bonchev–Trinajstić information content (AvgIpc) is 3.39. The SMILES string of the molecule is NC(=O)c1sc2nc(C(F)(F)F)cc(-c3ccc(F)cc3)c2c1NC(=O)c1[nH]ncc1[N+](=O)[O-]. The number of H-pyrrole nitrogens is 1. The van der Waals surface area contributed by atoms with E-state index in [1.807, 2.05) is 0 Å². The fraction of sp³-hybridized carbons (Fsp3) is 0.0526. The van der Waals surface area contributed by atoms with Crippen molar-refractivity contribution in [2.24, 2.45) is 5.73 Å². The van der Waals surface area contributed by atoms with Crippen molar-refractivity contribution in [1.29, 1.82) is 0 Å². The van der Waals surface area contributed by atoms with Gasteiger partial charge in [-0.3, -0.25) is 24.8 Å². The Morgan fingerprint density at radius 2 is 1.88 bits per heavy atom. The van der Waals surface area contributed by atoms with Crippen molar-refractivity contribution in [3.05, 3.63) is 68.7 Å². The quantitative estimate of drug-likeness (QED) is 0.215. The molecule has 0 aliphatic heterocycles. The van der Waals surface area contributed by atoms with Crippen LogP contribution in [0.25, 0.3) is 21.3 Å². The zero-order valence-corrected chi connectivity index (χ0v) is 17.3. The molecular weight excluding hydrogens is 484 g/mol. The van der Waals surface area contributed by atoms with Crippen LogP contribution in [0.4, 0.5) is 28.9 Å². The molecule has 0 radical (unpaired) electrons. The van der Waals surface area contributed by atoms with Crippen molar-refractivity contribution >= 4 is 44.7 Å². The number of nitrogens with two attached hydrogens (primary N) is 1. The molecule has 3 aromatic heterocycles. The number of carbonyl (C=O) groups excluding carboxylic acids is 2. The Labute approximate surface area is 189 Å². The van der Waals surface area contributed by atoms with Crippen molar-refractivity contribution in [2.45, 2.75) is 6.18 Å². The van der Waals surface area contributed by atoms with Gasteiger partial charge in [-0.1, -0.05) is 12.1 Å². The third kappa shape index (κ3) is 4.03. The first-order valence-electron chi connectivity index (χ1n) is 9.07. The van der Waals surface area contributed by atoms with Gasteiger partial charge in [0.2, 0.25) is 5.69 Å². The lowest BCUT2D eigenvalue weighted by atomic mass is 10.0. The number of hydrogen-bond donors (Lipinski definition) is 3. The lowest BCUT2D eigenvalue weighted by Gasteiger charge is -2.12. The number of primary amides is 1. The molecule has 4 rings (SSSR count). The van der Waals surface area contributed by atoms with Gasteiger partial charge in [-0.2, -0.15) is 18.3 Å². The minimum atomic E-state index is -4.86. The minimum Gasteiger partial charge on any atom is -0.365 e. The number of alkyl halides is 3. The second-order valence-corrected chi connectivity index (χ2v) is 7.75. The molecule has 0 aliphatic carbocycles. The standard InChI is InChI=1S/C19H10F4N6O4S/c20-8-3-1-7(2-4-8)9-5-11(19(21,22)23)26-18-12(9)14(15(34-18)16(24)30)27-17(31)13-10(29(32)33)6-25-28-13/h1-6H,(H2,24,30)(H,25,28)(H,27,31). The number of aromatic nitrogens is 3. The number of fused-ring (bicyclic) bond motifs is 1. The lowest BCUT2D eigenvalue weighted by molar-refractivity contribution is -0.385. The van der Waals surface area contributed by atoms with Crippen LogP contribution in [0.3, 0.4) is 0 Å². The number of anilines is 1. The van der Waals surface area contributed by atoms with Gasteiger partial charge in [0.05, 0.1) is 10.6 Å². The number of hydrogen-bond acceptors (Lipinski definition) is 7. The third-order valence-electron chi connectivity index (χ3n) is 4.61. The number of rotatable bonds is 5. The second kappa shape index (κ2) is 8.18. The van der Waals surface area contributed by atoms with Crippen LogP contribution in [-0.2, 0) is 6.18 Å². The highest BCUT2D eigenvalue weighted by Crippen LogP contribution is 2.43. The van der Waals surface area contributed by atoms with Crippen molar-refractivity contribution in [3.63, 3.8) is 0 Å². The Bertz CT molecular complexity index is 1460. The van der Waals surface area contributed by atoms with Crippen LogP contribution < -0.4 is 11.1 Å². The molecule has 2 amide bonds. The van der Waals surface area contributed by atoms with E-state index >= 15 is 0 Å². The summed E-state index contributed by atoms with van der Waals surface area (Å²) in [7, 11) is 0. The van der Waals surface area contributed by atoms with E-state index in [0.29, 0.717) is 17.4 Å². The number of nitrogens with zero attached hydrogens (tertiary/aromatic N) is 3. The molecule has 3 heterocycles. The Balaban J connectivity index is 1.98. The van der Waals surface area contributed by atoms with Gasteiger partial charge >= 0.3 is 11.9 Å². The van der Waals surface area contributed by atoms with Crippen LogP contribution in [0.5, 0.6) is 0 Å². The number of benzene rings is 1. The first kappa shape index (κ1) is 22.8. The van der Waals surface area contributed by atoms with E-state index in [2.05, 4.69) is 20.5 Å². The smallest absolute Gasteiger partial charge is 0.365 e. The van der Waals surface area contributed by atoms with E-state index in [1.165, 1.54) is 12.1 Å². The van der Waals surface area contributed by atoms with Crippen molar-refractivity contribution in [3.8, 4) is 11.1 Å². The summed E-state index contributed by atoms with van der Waals surface area (Å²) in [6.45, 7) is 0.